The van der Waals surface area contributed by atoms with Crippen LogP contribution in [0.5, 0.6) is 0 Å². The summed E-state index contributed by atoms with van der Waals surface area (Å²) in [5.74, 6) is 1.71. The molecule has 3 atom stereocenters. The van der Waals surface area contributed by atoms with Crippen LogP contribution in [-0.4, -0.2) is 23.9 Å². The lowest BCUT2D eigenvalue weighted by Gasteiger charge is -2.25. The van der Waals surface area contributed by atoms with Crippen LogP contribution in [0.2, 0.25) is 0 Å². The van der Waals surface area contributed by atoms with Crippen LogP contribution in [0.15, 0.2) is 0 Å². The summed E-state index contributed by atoms with van der Waals surface area (Å²) < 4.78 is 2.34. The zero-order chi connectivity index (χ0) is 7.72. The SMILES string of the molecule is CC1CC=[N+](C)C(C)C1C. The van der Waals surface area contributed by atoms with Crippen molar-refractivity contribution in [3.05, 3.63) is 0 Å². The molecule has 1 heterocycles. The molecule has 0 saturated heterocycles. The largest absolute Gasteiger partial charge is 0.240 e. The highest BCUT2D eigenvalue weighted by Gasteiger charge is 2.28. The Morgan fingerprint density at radius 3 is 2.40 bits per heavy atom. The third-order valence-electron chi connectivity index (χ3n) is 3.07. The number of hydrogen-bond acceptors (Lipinski definition) is 0. The van der Waals surface area contributed by atoms with Gasteiger partial charge in [-0.1, -0.05) is 13.8 Å². The van der Waals surface area contributed by atoms with E-state index in [1.54, 1.807) is 0 Å². The van der Waals surface area contributed by atoms with Crippen LogP contribution in [0.1, 0.15) is 27.2 Å². The fourth-order valence-electron chi connectivity index (χ4n) is 1.56. The highest BCUT2D eigenvalue weighted by atomic mass is 15.0. The van der Waals surface area contributed by atoms with E-state index in [0.717, 1.165) is 17.9 Å². The van der Waals surface area contributed by atoms with Gasteiger partial charge in [-0.05, 0) is 12.8 Å². The standard InChI is InChI=1S/C9H18N/c1-7-5-6-10(4)9(3)8(7)2/h6-9H,5H2,1-4H3/q+1. The van der Waals surface area contributed by atoms with E-state index >= 15 is 0 Å². The topological polar surface area (TPSA) is 3.01 Å². The van der Waals surface area contributed by atoms with Crippen molar-refractivity contribution in [3.63, 3.8) is 0 Å². The van der Waals surface area contributed by atoms with Crippen LogP contribution in [-0.2, 0) is 0 Å². The van der Waals surface area contributed by atoms with Crippen LogP contribution in [0, 0.1) is 11.8 Å². The Bertz CT molecular complexity index is 149. The minimum atomic E-state index is 0.726. The highest BCUT2D eigenvalue weighted by Crippen LogP contribution is 2.22. The molecule has 1 heteroatoms. The van der Waals surface area contributed by atoms with Gasteiger partial charge < -0.3 is 0 Å². The Hall–Kier alpha value is -0.330. The summed E-state index contributed by atoms with van der Waals surface area (Å²) >= 11 is 0. The van der Waals surface area contributed by atoms with Gasteiger partial charge in [0.2, 0.25) is 0 Å². The van der Waals surface area contributed by atoms with Crippen molar-refractivity contribution >= 4 is 6.21 Å². The summed E-state index contributed by atoms with van der Waals surface area (Å²) in [6, 6.07) is 0.726. The van der Waals surface area contributed by atoms with Gasteiger partial charge in [-0.2, -0.15) is 0 Å². The van der Waals surface area contributed by atoms with E-state index < -0.39 is 0 Å². The molecule has 0 aliphatic carbocycles. The molecule has 0 aromatic rings. The van der Waals surface area contributed by atoms with E-state index in [0.29, 0.717) is 0 Å². The second-order valence-corrected chi connectivity index (χ2v) is 3.66. The van der Waals surface area contributed by atoms with Crippen molar-refractivity contribution in [2.75, 3.05) is 7.05 Å². The van der Waals surface area contributed by atoms with Crippen molar-refractivity contribution in [1.82, 2.24) is 0 Å². The van der Waals surface area contributed by atoms with Gasteiger partial charge in [0, 0.05) is 12.3 Å². The van der Waals surface area contributed by atoms with Crippen molar-refractivity contribution in [2.45, 2.75) is 33.2 Å². The van der Waals surface area contributed by atoms with E-state index in [4.69, 9.17) is 0 Å². The zero-order valence-electron chi connectivity index (χ0n) is 7.46. The minimum absolute atomic E-state index is 0.726. The Morgan fingerprint density at radius 1 is 1.30 bits per heavy atom. The summed E-state index contributed by atoms with van der Waals surface area (Å²) in [4.78, 5) is 0. The molecule has 0 radical (unpaired) electrons. The van der Waals surface area contributed by atoms with Crippen molar-refractivity contribution in [3.8, 4) is 0 Å². The molecule has 1 aliphatic heterocycles. The Balaban J connectivity index is 2.71. The molecule has 1 nitrogen and oxygen atoms in total. The summed E-state index contributed by atoms with van der Waals surface area (Å²) in [5.41, 5.74) is 0. The van der Waals surface area contributed by atoms with E-state index in [9.17, 15) is 0 Å². The first kappa shape index (κ1) is 7.77. The van der Waals surface area contributed by atoms with E-state index in [2.05, 4.69) is 38.6 Å². The predicted molar refractivity (Wildman–Crippen MR) is 44.7 cm³/mol. The van der Waals surface area contributed by atoms with Gasteiger partial charge in [0.1, 0.15) is 13.3 Å². The second-order valence-electron chi connectivity index (χ2n) is 3.66. The van der Waals surface area contributed by atoms with E-state index in [-0.39, 0.29) is 0 Å². The molecule has 3 unspecified atom stereocenters. The van der Waals surface area contributed by atoms with Gasteiger partial charge in [-0.15, -0.1) is 0 Å². The van der Waals surface area contributed by atoms with Gasteiger partial charge >= 0.3 is 0 Å². The molecule has 0 fully saturated rings. The Labute approximate surface area is 63.8 Å². The van der Waals surface area contributed by atoms with Gasteiger partial charge in [-0.25, -0.2) is 4.58 Å². The number of rotatable bonds is 0. The van der Waals surface area contributed by atoms with Gasteiger partial charge in [0.15, 0.2) is 6.04 Å². The molecule has 0 amide bonds. The average molecular weight is 140 g/mol. The number of nitrogens with zero attached hydrogens (tertiary/aromatic N) is 1. The quantitative estimate of drug-likeness (QED) is 0.451. The van der Waals surface area contributed by atoms with Crippen molar-refractivity contribution in [1.29, 1.82) is 0 Å². The smallest absolute Gasteiger partial charge is 0.152 e. The normalized spacial score (nSPS) is 41.2. The fourth-order valence-corrected chi connectivity index (χ4v) is 1.56. The molecule has 0 saturated carbocycles. The molecule has 10 heavy (non-hydrogen) atoms. The zero-order valence-corrected chi connectivity index (χ0v) is 7.46. The lowest BCUT2D eigenvalue weighted by atomic mass is 9.85. The fraction of sp³-hybridized carbons (Fsp3) is 0.889. The van der Waals surface area contributed by atoms with Gasteiger partial charge in [0.05, 0.1) is 0 Å². The van der Waals surface area contributed by atoms with E-state index in [1.165, 1.54) is 6.42 Å². The van der Waals surface area contributed by atoms with Crippen LogP contribution in [0.25, 0.3) is 0 Å². The molecule has 0 spiro atoms. The maximum absolute atomic E-state index is 2.35. The summed E-state index contributed by atoms with van der Waals surface area (Å²) in [6.07, 6.45) is 3.57. The molecule has 1 aliphatic rings. The van der Waals surface area contributed by atoms with E-state index in [1.807, 2.05) is 0 Å². The molecule has 0 aromatic carbocycles. The third-order valence-corrected chi connectivity index (χ3v) is 3.07. The number of hydrogen-bond donors (Lipinski definition) is 0. The Morgan fingerprint density at radius 2 is 1.90 bits per heavy atom. The summed E-state index contributed by atoms with van der Waals surface area (Å²) in [5, 5.41) is 0. The van der Waals surface area contributed by atoms with Crippen LogP contribution < -0.4 is 0 Å². The maximum Gasteiger partial charge on any atom is 0.152 e. The second kappa shape index (κ2) is 2.73. The maximum atomic E-state index is 2.35. The molecule has 0 aromatic heterocycles. The van der Waals surface area contributed by atoms with Gasteiger partial charge in [0.25, 0.3) is 0 Å². The molecular formula is C9H18N+. The molecule has 58 valence electrons. The highest BCUT2D eigenvalue weighted by molar-refractivity contribution is 5.52. The minimum Gasteiger partial charge on any atom is -0.240 e. The first-order valence-corrected chi connectivity index (χ1v) is 4.18. The first-order chi connectivity index (χ1) is 4.63. The van der Waals surface area contributed by atoms with Crippen LogP contribution >= 0.6 is 0 Å². The van der Waals surface area contributed by atoms with Crippen molar-refractivity contribution in [2.24, 2.45) is 11.8 Å². The average Bonchev–Trinajstić information content (AvgIpc) is 1.93. The molecule has 0 bridgehead atoms. The lowest BCUT2D eigenvalue weighted by molar-refractivity contribution is -0.546. The monoisotopic (exact) mass is 140 g/mol. The van der Waals surface area contributed by atoms with Crippen molar-refractivity contribution < 1.29 is 4.58 Å². The van der Waals surface area contributed by atoms with Gasteiger partial charge in [-0.3, -0.25) is 0 Å². The molecule has 1 rings (SSSR count). The molecule has 0 N–H and O–H groups in total. The predicted octanol–water partition coefficient (Wildman–Crippen LogP) is 1.76. The molecular weight excluding hydrogens is 122 g/mol. The Kier molecular flexibility index (Phi) is 2.12. The van der Waals surface area contributed by atoms with Crippen LogP contribution in [0.3, 0.4) is 0 Å². The first-order valence-electron chi connectivity index (χ1n) is 4.18. The lowest BCUT2D eigenvalue weighted by Crippen LogP contribution is -2.36. The third kappa shape index (κ3) is 1.23. The van der Waals surface area contributed by atoms with Crippen LogP contribution in [0.4, 0.5) is 0 Å². The summed E-state index contributed by atoms with van der Waals surface area (Å²) in [7, 11) is 2.17. The summed E-state index contributed by atoms with van der Waals surface area (Å²) in [6.45, 7) is 6.99.